The Balaban J connectivity index is 2.13. The minimum atomic E-state index is -0.484. The number of carbonyl (C=O) groups is 1. The molecule has 5 nitrogen and oxygen atoms in total. The Labute approximate surface area is 112 Å². The van der Waals surface area contributed by atoms with E-state index in [1.54, 1.807) is 13.2 Å². The summed E-state index contributed by atoms with van der Waals surface area (Å²) in [5, 5.41) is 0. The zero-order valence-corrected chi connectivity index (χ0v) is 11.3. The van der Waals surface area contributed by atoms with Gasteiger partial charge in [0.15, 0.2) is 17.2 Å². The van der Waals surface area contributed by atoms with Crippen LogP contribution in [0.5, 0.6) is 11.5 Å². The molecule has 1 aliphatic rings. The third-order valence-corrected chi connectivity index (χ3v) is 3.29. The molecule has 0 aromatic carbocycles. The normalized spacial score (nSPS) is 15.9. The van der Waals surface area contributed by atoms with E-state index in [1.165, 1.54) is 32.6 Å². The molecule has 0 radical (unpaired) electrons. The van der Waals surface area contributed by atoms with Gasteiger partial charge in [-0.15, -0.1) is 0 Å². The molecule has 0 N–H and O–H groups in total. The van der Waals surface area contributed by atoms with E-state index in [-0.39, 0.29) is 11.8 Å². The van der Waals surface area contributed by atoms with Gasteiger partial charge >= 0.3 is 5.97 Å². The Kier molecular flexibility index (Phi) is 4.60. The van der Waals surface area contributed by atoms with E-state index in [4.69, 9.17) is 9.47 Å². The molecular formula is C14H19NO4. The zero-order valence-electron chi connectivity index (χ0n) is 11.3. The molecule has 1 aromatic heterocycles. The monoisotopic (exact) mass is 265 g/mol. The number of nitrogens with zero attached hydrogens (tertiary/aromatic N) is 1. The van der Waals surface area contributed by atoms with Crippen LogP contribution in [0.1, 0.15) is 42.6 Å². The van der Waals surface area contributed by atoms with Gasteiger partial charge in [0.25, 0.3) is 0 Å². The maximum absolute atomic E-state index is 11.4. The van der Waals surface area contributed by atoms with Gasteiger partial charge in [-0.05, 0) is 25.7 Å². The molecule has 1 fully saturated rings. The summed E-state index contributed by atoms with van der Waals surface area (Å²) < 4.78 is 15.8. The maximum atomic E-state index is 11.4. The minimum Gasteiger partial charge on any atom is -0.493 e. The summed E-state index contributed by atoms with van der Waals surface area (Å²) in [6.45, 7) is 0. The van der Waals surface area contributed by atoms with E-state index >= 15 is 0 Å². The third kappa shape index (κ3) is 3.36. The van der Waals surface area contributed by atoms with Crippen LogP contribution in [0.2, 0.25) is 0 Å². The lowest BCUT2D eigenvalue weighted by molar-refractivity contribution is 0.0593. The van der Waals surface area contributed by atoms with Crippen LogP contribution in [-0.4, -0.2) is 31.3 Å². The van der Waals surface area contributed by atoms with Crippen LogP contribution < -0.4 is 9.47 Å². The van der Waals surface area contributed by atoms with Gasteiger partial charge < -0.3 is 14.2 Å². The number of pyridine rings is 1. The Bertz CT molecular complexity index is 441. The molecule has 0 aliphatic heterocycles. The molecular weight excluding hydrogens is 246 g/mol. The van der Waals surface area contributed by atoms with Crippen molar-refractivity contribution >= 4 is 5.97 Å². The van der Waals surface area contributed by atoms with E-state index in [2.05, 4.69) is 9.72 Å². The first-order chi connectivity index (χ1) is 9.24. The standard InChI is InChI=1S/C14H19NO4/c1-17-12-8-11(14(16)18-2)15-9-13(12)19-10-6-4-3-5-7-10/h8-10H,3-7H2,1-2H3. The Morgan fingerprint density at radius 3 is 2.58 bits per heavy atom. The van der Waals surface area contributed by atoms with Gasteiger partial charge in [-0.2, -0.15) is 0 Å². The number of carbonyl (C=O) groups excluding carboxylic acids is 1. The van der Waals surface area contributed by atoms with Crippen molar-refractivity contribution in [1.29, 1.82) is 0 Å². The van der Waals surface area contributed by atoms with Crippen LogP contribution in [0, 0.1) is 0 Å². The summed E-state index contributed by atoms with van der Waals surface area (Å²) in [6, 6.07) is 1.55. The van der Waals surface area contributed by atoms with Crippen LogP contribution in [0.4, 0.5) is 0 Å². The Hall–Kier alpha value is -1.78. The molecule has 0 bridgehead atoms. The summed E-state index contributed by atoms with van der Waals surface area (Å²) in [6.07, 6.45) is 7.52. The van der Waals surface area contributed by atoms with Crippen LogP contribution in [0.3, 0.4) is 0 Å². The lowest BCUT2D eigenvalue weighted by atomic mass is 9.98. The number of rotatable bonds is 4. The summed E-state index contributed by atoms with van der Waals surface area (Å²) in [5.74, 6) is 0.616. The molecule has 0 spiro atoms. The molecule has 104 valence electrons. The van der Waals surface area contributed by atoms with E-state index < -0.39 is 5.97 Å². The highest BCUT2D eigenvalue weighted by Gasteiger charge is 2.18. The molecule has 0 amide bonds. The molecule has 1 heterocycles. The summed E-state index contributed by atoms with van der Waals surface area (Å²) in [7, 11) is 2.87. The van der Waals surface area contributed by atoms with Crippen LogP contribution in [0.25, 0.3) is 0 Å². The smallest absolute Gasteiger partial charge is 0.356 e. The van der Waals surface area contributed by atoms with Gasteiger partial charge in [-0.25, -0.2) is 9.78 Å². The van der Waals surface area contributed by atoms with Crippen molar-refractivity contribution in [2.75, 3.05) is 14.2 Å². The molecule has 1 saturated carbocycles. The van der Waals surface area contributed by atoms with Crippen molar-refractivity contribution in [3.8, 4) is 11.5 Å². The fraction of sp³-hybridized carbons (Fsp3) is 0.571. The molecule has 19 heavy (non-hydrogen) atoms. The summed E-state index contributed by atoms with van der Waals surface area (Å²) in [4.78, 5) is 15.4. The lowest BCUT2D eigenvalue weighted by Gasteiger charge is -2.23. The van der Waals surface area contributed by atoms with Gasteiger partial charge in [0.1, 0.15) is 0 Å². The fourth-order valence-electron chi connectivity index (χ4n) is 2.25. The molecule has 5 heteroatoms. The number of aromatic nitrogens is 1. The molecule has 0 saturated heterocycles. The molecule has 1 aliphatic carbocycles. The summed E-state index contributed by atoms with van der Waals surface area (Å²) >= 11 is 0. The van der Waals surface area contributed by atoms with Crippen LogP contribution in [0.15, 0.2) is 12.3 Å². The molecule has 2 rings (SSSR count). The number of hydrogen-bond donors (Lipinski definition) is 0. The van der Waals surface area contributed by atoms with Crippen molar-refractivity contribution < 1.29 is 19.0 Å². The van der Waals surface area contributed by atoms with E-state index in [9.17, 15) is 4.79 Å². The molecule has 0 unspecified atom stereocenters. The van der Waals surface area contributed by atoms with Crippen LogP contribution in [-0.2, 0) is 4.74 Å². The van der Waals surface area contributed by atoms with Gasteiger partial charge in [-0.3, -0.25) is 0 Å². The molecule has 0 atom stereocenters. The van der Waals surface area contributed by atoms with Crippen molar-refractivity contribution in [2.45, 2.75) is 38.2 Å². The second-order valence-corrected chi connectivity index (χ2v) is 4.59. The molecule has 1 aromatic rings. The third-order valence-electron chi connectivity index (χ3n) is 3.29. The number of methoxy groups -OCH3 is 2. The number of hydrogen-bond acceptors (Lipinski definition) is 5. The highest BCUT2D eigenvalue weighted by molar-refractivity contribution is 5.87. The Morgan fingerprint density at radius 1 is 1.21 bits per heavy atom. The number of esters is 1. The average Bonchev–Trinajstić information content (AvgIpc) is 2.48. The van der Waals surface area contributed by atoms with Gasteiger partial charge in [0.05, 0.1) is 26.5 Å². The Morgan fingerprint density at radius 2 is 1.95 bits per heavy atom. The minimum absolute atomic E-state index is 0.216. The highest BCUT2D eigenvalue weighted by atomic mass is 16.5. The van der Waals surface area contributed by atoms with E-state index in [0.717, 1.165) is 12.8 Å². The fourth-order valence-corrected chi connectivity index (χ4v) is 2.25. The van der Waals surface area contributed by atoms with Crippen molar-refractivity contribution in [3.63, 3.8) is 0 Å². The first kappa shape index (κ1) is 13.6. The van der Waals surface area contributed by atoms with E-state index in [0.29, 0.717) is 11.5 Å². The largest absolute Gasteiger partial charge is 0.493 e. The van der Waals surface area contributed by atoms with Crippen molar-refractivity contribution in [2.24, 2.45) is 0 Å². The second kappa shape index (κ2) is 6.41. The number of ether oxygens (including phenoxy) is 3. The quantitative estimate of drug-likeness (QED) is 0.783. The first-order valence-corrected chi connectivity index (χ1v) is 6.53. The highest BCUT2D eigenvalue weighted by Crippen LogP contribution is 2.30. The predicted molar refractivity (Wildman–Crippen MR) is 69.6 cm³/mol. The topological polar surface area (TPSA) is 57.7 Å². The lowest BCUT2D eigenvalue weighted by Crippen LogP contribution is -2.20. The van der Waals surface area contributed by atoms with Gasteiger partial charge in [0.2, 0.25) is 0 Å². The second-order valence-electron chi connectivity index (χ2n) is 4.59. The first-order valence-electron chi connectivity index (χ1n) is 6.53. The zero-order chi connectivity index (χ0) is 13.7. The average molecular weight is 265 g/mol. The maximum Gasteiger partial charge on any atom is 0.356 e. The predicted octanol–water partition coefficient (Wildman–Crippen LogP) is 2.59. The van der Waals surface area contributed by atoms with Crippen molar-refractivity contribution in [1.82, 2.24) is 4.98 Å². The van der Waals surface area contributed by atoms with Crippen molar-refractivity contribution in [3.05, 3.63) is 18.0 Å². The van der Waals surface area contributed by atoms with Gasteiger partial charge in [0, 0.05) is 6.07 Å². The van der Waals surface area contributed by atoms with Crippen LogP contribution >= 0.6 is 0 Å². The summed E-state index contributed by atoms with van der Waals surface area (Å²) in [5.41, 5.74) is 0.218. The van der Waals surface area contributed by atoms with E-state index in [1.807, 2.05) is 0 Å². The SMILES string of the molecule is COC(=O)c1cc(OC)c(OC2CCCCC2)cn1. The van der Waals surface area contributed by atoms with Gasteiger partial charge in [-0.1, -0.05) is 6.42 Å².